The van der Waals surface area contributed by atoms with Crippen LogP contribution >= 0.6 is 11.8 Å². The second-order valence-corrected chi connectivity index (χ2v) is 7.23. The molecule has 0 aliphatic carbocycles. The summed E-state index contributed by atoms with van der Waals surface area (Å²) in [6.07, 6.45) is -1.76. The molecule has 0 bridgehead atoms. The van der Waals surface area contributed by atoms with E-state index in [0.717, 1.165) is 36.4 Å². The largest absolute Gasteiger partial charge is 0.417 e. The van der Waals surface area contributed by atoms with E-state index in [-0.39, 0.29) is 5.91 Å². The normalized spacial score (nSPS) is 15.6. The van der Waals surface area contributed by atoms with Gasteiger partial charge in [0.1, 0.15) is 0 Å². The van der Waals surface area contributed by atoms with Crippen molar-refractivity contribution in [2.45, 2.75) is 36.2 Å². The van der Waals surface area contributed by atoms with Crippen LogP contribution in [0.5, 0.6) is 0 Å². The van der Waals surface area contributed by atoms with E-state index in [9.17, 15) is 18.0 Å². The number of aryl methyl sites for hydroxylation is 1. The maximum Gasteiger partial charge on any atom is 0.417 e. The Morgan fingerprint density at radius 2 is 2.00 bits per heavy atom. The van der Waals surface area contributed by atoms with Gasteiger partial charge < -0.3 is 4.90 Å². The van der Waals surface area contributed by atoms with Crippen LogP contribution < -0.4 is 4.90 Å². The van der Waals surface area contributed by atoms with Crippen molar-refractivity contribution in [3.05, 3.63) is 53.7 Å². The molecule has 0 N–H and O–H groups in total. The highest BCUT2D eigenvalue weighted by atomic mass is 32.2. The Morgan fingerprint density at radius 1 is 1.24 bits per heavy atom. The fourth-order valence-electron chi connectivity index (χ4n) is 2.83. The number of hydrogen-bond donors (Lipinski definition) is 0. The van der Waals surface area contributed by atoms with Gasteiger partial charge in [0.2, 0.25) is 5.91 Å². The Labute approximate surface area is 148 Å². The van der Waals surface area contributed by atoms with Gasteiger partial charge in [-0.15, -0.1) is 0 Å². The lowest BCUT2D eigenvalue weighted by Gasteiger charge is -2.31. The number of carbonyl (C=O) groups excluding carboxylic acids is 1. The van der Waals surface area contributed by atoms with Crippen LogP contribution in [0.2, 0.25) is 0 Å². The molecule has 7 heteroatoms. The molecule has 25 heavy (non-hydrogen) atoms. The Kier molecular flexibility index (Phi) is 5.03. The quantitative estimate of drug-likeness (QED) is 0.747. The zero-order valence-electron chi connectivity index (χ0n) is 13.6. The number of amides is 1. The van der Waals surface area contributed by atoms with Crippen LogP contribution in [0.15, 0.2) is 47.6 Å². The summed E-state index contributed by atoms with van der Waals surface area (Å²) < 4.78 is 37.8. The number of anilines is 1. The van der Waals surface area contributed by atoms with Gasteiger partial charge in [-0.25, -0.2) is 4.98 Å². The molecule has 3 nitrogen and oxygen atoms in total. The van der Waals surface area contributed by atoms with Crippen molar-refractivity contribution in [2.24, 2.45) is 0 Å². The molecule has 1 amide bonds. The number of alkyl halides is 3. The van der Waals surface area contributed by atoms with Crippen molar-refractivity contribution in [1.82, 2.24) is 4.98 Å². The molecule has 3 rings (SSSR count). The molecule has 1 aromatic carbocycles. The predicted octanol–water partition coefficient (Wildman–Crippen LogP) is 4.56. The molecule has 0 spiro atoms. The van der Waals surface area contributed by atoms with Crippen LogP contribution in [0.4, 0.5) is 18.9 Å². The number of halogens is 3. The van der Waals surface area contributed by atoms with E-state index in [0.29, 0.717) is 11.6 Å². The summed E-state index contributed by atoms with van der Waals surface area (Å²) in [6.45, 7) is 2.41. The standard InChI is InChI=1S/C18H17F3N2OS/c1-12(25-16-9-8-14(11-22-16)18(19,20)21)17(24)23-10-4-6-13-5-2-3-7-15(13)23/h2-3,5,7-9,11-12H,4,6,10H2,1H3/t12-/m0/s1. The second-order valence-electron chi connectivity index (χ2n) is 5.87. The minimum absolute atomic E-state index is 0.0566. The molecule has 0 fully saturated rings. The van der Waals surface area contributed by atoms with E-state index >= 15 is 0 Å². The van der Waals surface area contributed by atoms with Gasteiger partial charge in [-0.2, -0.15) is 13.2 Å². The zero-order valence-corrected chi connectivity index (χ0v) is 14.4. The number of thioether (sulfide) groups is 1. The van der Waals surface area contributed by atoms with Crippen molar-refractivity contribution in [1.29, 1.82) is 0 Å². The number of nitrogens with zero attached hydrogens (tertiary/aromatic N) is 2. The molecule has 2 aromatic rings. The number of aromatic nitrogens is 1. The van der Waals surface area contributed by atoms with Gasteiger partial charge in [0, 0.05) is 18.4 Å². The summed E-state index contributed by atoms with van der Waals surface area (Å²) in [5.74, 6) is -0.0566. The van der Waals surface area contributed by atoms with Crippen LogP contribution in [-0.2, 0) is 17.4 Å². The third kappa shape index (κ3) is 3.98. The first-order valence-electron chi connectivity index (χ1n) is 7.95. The van der Waals surface area contributed by atoms with Gasteiger partial charge in [-0.3, -0.25) is 4.79 Å². The maximum absolute atomic E-state index is 12.8. The number of para-hydroxylation sites is 1. The third-order valence-corrected chi connectivity index (χ3v) is 5.12. The molecular formula is C18H17F3N2OS. The zero-order chi connectivity index (χ0) is 18.0. The minimum atomic E-state index is -4.41. The Hall–Kier alpha value is -2.02. The van der Waals surface area contributed by atoms with Crippen LogP contribution in [0.25, 0.3) is 0 Å². The number of pyridine rings is 1. The van der Waals surface area contributed by atoms with E-state index in [1.54, 1.807) is 11.8 Å². The van der Waals surface area contributed by atoms with Crippen LogP contribution in [0, 0.1) is 0 Å². The summed E-state index contributed by atoms with van der Waals surface area (Å²) in [6, 6.07) is 10.1. The van der Waals surface area contributed by atoms with Crippen LogP contribution in [-0.4, -0.2) is 22.7 Å². The minimum Gasteiger partial charge on any atom is -0.311 e. The summed E-state index contributed by atoms with van der Waals surface area (Å²) in [7, 11) is 0. The molecule has 1 atom stereocenters. The van der Waals surface area contributed by atoms with E-state index in [2.05, 4.69) is 4.98 Å². The maximum atomic E-state index is 12.8. The molecule has 1 aromatic heterocycles. The number of benzene rings is 1. The van der Waals surface area contributed by atoms with Gasteiger partial charge >= 0.3 is 6.18 Å². The monoisotopic (exact) mass is 366 g/mol. The number of rotatable bonds is 3. The first kappa shape index (κ1) is 17.8. The lowest BCUT2D eigenvalue weighted by molar-refractivity contribution is -0.137. The molecule has 0 saturated heterocycles. The SMILES string of the molecule is C[C@H](Sc1ccc(C(F)(F)F)cn1)C(=O)N1CCCc2ccccc21. The Morgan fingerprint density at radius 3 is 2.68 bits per heavy atom. The van der Waals surface area contributed by atoms with Gasteiger partial charge in [-0.05, 0) is 43.5 Å². The number of carbonyl (C=O) groups is 1. The highest BCUT2D eigenvalue weighted by Crippen LogP contribution is 2.32. The fourth-order valence-corrected chi connectivity index (χ4v) is 3.68. The van der Waals surface area contributed by atoms with Crippen LogP contribution in [0.3, 0.4) is 0 Å². The van der Waals surface area contributed by atoms with Gasteiger partial charge in [-0.1, -0.05) is 30.0 Å². The van der Waals surface area contributed by atoms with Crippen molar-refractivity contribution in [3.8, 4) is 0 Å². The van der Waals surface area contributed by atoms with Crippen LogP contribution in [0.1, 0.15) is 24.5 Å². The molecular weight excluding hydrogens is 349 g/mol. The Bertz CT molecular complexity index is 762. The lowest BCUT2D eigenvalue weighted by Crippen LogP contribution is -2.40. The van der Waals surface area contributed by atoms with E-state index < -0.39 is 17.0 Å². The second kappa shape index (κ2) is 7.07. The van der Waals surface area contributed by atoms with Gasteiger partial charge in [0.05, 0.1) is 15.8 Å². The number of fused-ring (bicyclic) bond motifs is 1. The molecule has 0 radical (unpaired) electrons. The van der Waals surface area contributed by atoms with Crippen molar-refractivity contribution >= 4 is 23.4 Å². The summed E-state index contributed by atoms with van der Waals surface area (Å²) in [5.41, 5.74) is 1.28. The molecule has 1 aliphatic rings. The van der Waals surface area contributed by atoms with Gasteiger partial charge in [0.15, 0.2) is 0 Å². The van der Waals surface area contributed by atoms with E-state index in [1.807, 2.05) is 24.3 Å². The summed E-state index contributed by atoms with van der Waals surface area (Å²) >= 11 is 1.17. The Balaban J connectivity index is 1.71. The summed E-state index contributed by atoms with van der Waals surface area (Å²) in [4.78, 5) is 18.4. The predicted molar refractivity (Wildman–Crippen MR) is 91.7 cm³/mol. The third-order valence-electron chi connectivity index (χ3n) is 4.09. The molecule has 0 unspecified atom stereocenters. The molecule has 2 heterocycles. The van der Waals surface area contributed by atoms with E-state index in [4.69, 9.17) is 0 Å². The van der Waals surface area contributed by atoms with Crippen molar-refractivity contribution in [2.75, 3.05) is 11.4 Å². The number of hydrogen-bond acceptors (Lipinski definition) is 3. The molecule has 0 saturated carbocycles. The first-order valence-corrected chi connectivity index (χ1v) is 8.83. The topological polar surface area (TPSA) is 33.2 Å². The van der Waals surface area contributed by atoms with Gasteiger partial charge in [0.25, 0.3) is 0 Å². The first-order chi connectivity index (χ1) is 11.9. The smallest absolute Gasteiger partial charge is 0.311 e. The fraction of sp³-hybridized carbons (Fsp3) is 0.333. The molecule has 1 aliphatic heterocycles. The average Bonchev–Trinajstić information content (AvgIpc) is 2.60. The lowest BCUT2D eigenvalue weighted by atomic mass is 10.0. The molecule has 132 valence electrons. The van der Waals surface area contributed by atoms with Crippen molar-refractivity contribution < 1.29 is 18.0 Å². The summed E-state index contributed by atoms with van der Waals surface area (Å²) in [5, 5.41) is -0.0328. The highest BCUT2D eigenvalue weighted by molar-refractivity contribution is 8.00. The van der Waals surface area contributed by atoms with Crippen molar-refractivity contribution in [3.63, 3.8) is 0 Å². The highest BCUT2D eigenvalue weighted by Gasteiger charge is 2.31. The average molecular weight is 366 g/mol. The van der Waals surface area contributed by atoms with E-state index in [1.165, 1.54) is 17.8 Å².